The Bertz CT molecular complexity index is 801. The summed E-state index contributed by atoms with van der Waals surface area (Å²) in [6.07, 6.45) is 2.83. The number of carbonyl (C=O) groups excluding carboxylic acids is 1. The number of amides is 1. The lowest BCUT2D eigenvalue weighted by Gasteiger charge is -2.29. The smallest absolute Gasteiger partial charge is 0.273 e. The number of nitrogens with zero attached hydrogens (tertiary/aromatic N) is 6. The number of rotatable bonds is 3. The third-order valence-electron chi connectivity index (χ3n) is 4.58. The van der Waals surface area contributed by atoms with Crippen LogP contribution in [-0.4, -0.2) is 57.7 Å². The predicted octanol–water partition coefficient (Wildman–Crippen LogP) is 0.751. The highest BCUT2D eigenvalue weighted by Crippen LogP contribution is 2.29. The van der Waals surface area contributed by atoms with E-state index in [0.29, 0.717) is 23.3 Å². The highest BCUT2D eigenvalue weighted by molar-refractivity contribution is 7.18. The number of nitrogen functional groups attached to an aromatic ring is 1. The Balaban J connectivity index is 1.70. The summed E-state index contributed by atoms with van der Waals surface area (Å²) in [5.74, 6) is 0.487. The number of anilines is 3. The number of carbonyl (C=O) groups is 1. The zero-order valence-corrected chi connectivity index (χ0v) is 14.8. The van der Waals surface area contributed by atoms with Crippen LogP contribution < -0.4 is 16.0 Å². The highest BCUT2D eigenvalue weighted by atomic mass is 32.1. The lowest BCUT2D eigenvalue weighted by atomic mass is 10.0. The van der Waals surface area contributed by atoms with E-state index in [9.17, 15) is 4.79 Å². The van der Waals surface area contributed by atoms with Crippen LogP contribution in [0.25, 0.3) is 0 Å². The fourth-order valence-electron chi connectivity index (χ4n) is 3.29. The first-order chi connectivity index (χ1) is 12.2. The minimum atomic E-state index is -0.00808. The molecule has 0 atom stereocenters. The molecule has 0 radical (unpaired) electrons. The quantitative estimate of drug-likeness (QED) is 0.824. The van der Waals surface area contributed by atoms with Crippen molar-refractivity contribution < 1.29 is 4.79 Å². The summed E-state index contributed by atoms with van der Waals surface area (Å²) in [5.41, 5.74) is 8.01. The molecule has 2 aromatic heterocycles. The van der Waals surface area contributed by atoms with E-state index in [4.69, 9.17) is 5.73 Å². The van der Waals surface area contributed by atoms with E-state index in [0.717, 1.165) is 55.3 Å². The van der Waals surface area contributed by atoms with E-state index in [1.165, 1.54) is 11.3 Å². The number of hydrogen-bond acceptors (Lipinski definition) is 9. The normalized spacial score (nSPS) is 16.8. The number of aromatic nitrogens is 4. The van der Waals surface area contributed by atoms with Crippen molar-refractivity contribution in [2.24, 2.45) is 0 Å². The number of nitrogens with one attached hydrogen (secondary N) is 1. The molecule has 0 spiro atoms. The van der Waals surface area contributed by atoms with Crippen molar-refractivity contribution in [2.45, 2.75) is 25.8 Å². The summed E-state index contributed by atoms with van der Waals surface area (Å²) < 4.78 is 0. The molecule has 0 saturated carbocycles. The van der Waals surface area contributed by atoms with Crippen LogP contribution in [0.15, 0.2) is 0 Å². The van der Waals surface area contributed by atoms with Crippen molar-refractivity contribution in [3.63, 3.8) is 0 Å². The van der Waals surface area contributed by atoms with Gasteiger partial charge in [0.1, 0.15) is 5.69 Å². The van der Waals surface area contributed by atoms with Gasteiger partial charge in [-0.15, -0.1) is 10.2 Å². The number of nitrogens with two attached hydrogens (primary N) is 1. The predicted molar refractivity (Wildman–Crippen MR) is 95.8 cm³/mol. The molecular formula is C15H20N8OS. The first kappa shape index (κ1) is 16.0. The first-order valence-corrected chi connectivity index (χ1v) is 9.18. The monoisotopic (exact) mass is 360 g/mol. The molecule has 4 heterocycles. The molecule has 2 aliphatic heterocycles. The first-order valence-electron chi connectivity index (χ1n) is 8.36. The minimum absolute atomic E-state index is 0.00808. The average molecular weight is 360 g/mol. The maximum atomic E-state index is 13.0. The van der Waals surface area contributed by atoms with E-state index in [1.807, 2.05) is 4.90 Å². The zero-order valence-electron chi connectivity index (χ0n) is 14.0. The van der Waals surface area contributed by atoms with Crippen molar-refractivity contribution in [2.75, 3.05) is 42.6 Å². The molecule has 25 heavy (non-hydrogen) atoms. The Morgan fingerprint density at radius 1 is 1.20 bits per heavy atom. The molecule has 2 aromatic rings. The average Bonchev–Trinajstić information content (AvgIpc) is 3.31. The van der Waals surface area contributed by atoms with Gasteiger partial charge in [0.2, 0.25) is 16.2 Å². The number of hydrogen-bond donors (Lipinski definition) is 2. The van der Waals surface area contributed by atoms with Crippen molar-refractivity contribution in [3.8, 4) is 0 Å². The third kappa shape index (κ3) is 2.97. The molecule has 132 valence electrons. The SMILES string of the molecule is CNc1nc2c(c(C(=O)N3CCCC3)n1)CN(c1nnc(N)s1)CC2. The topological polar surface area (TPSA) is 113 Å². The Morgan fingerprint density at radius 3 is 2.68 bits per heavy atom. The number of likely N-dealkylation sites (tertiary alicyclic amines) is 1. The van der Waals surface area contributed by atoms with Crippen LogP contribution in [0.5, 0.6) is 0 Å². The Hall–Kier alpha value is -2.49. The molecule has 9 nitrogen and oxygen atoms in total. The molecule has 3 N–H and O–H groups in total. The third-order valence-corrected chi connectivity index (χ3v) is 5.39. The summed E-state index contributed by atoms with van der Waals surface area (Å²) >= 11 is 1.35. The van der Waals surface area contributed by atoms with Gasteiger partial charge in [-0.2, -0.15) is 0 Å². The van der Waals surface area contributed by atoms with E-state index in [2.05, 4.69) is 30.4 Å². The van der Waals surface area contributed by atoms with E-state index < -0.39 is 0 Å². The maximum absolute atomic E-state index is 13.0. The van der Waals surface area contributed by atoms with Crippen LogP contribution in [0.4, 0.5) is 16.2 Å². The molecular weight excluding hydrogens is 340 g/mol. The van der Waals surface area contributed by atoms with Gasteiger partial charge in [-0.05, 0) is 12.8 Å². The van der Waals surface area contributed by atoms with Crippen LogP contribution in [0.2, 0.25) is 0 Å². The van der Waals surface area contributed by atoms with Gasteiger partial charge in [0.15, 0.2) is 0 Å². The van der Waals surface area contributed by atoms with Crippen molar-refractivity contribution in [1.82, 2.24) is 25.1 Å². The summed E-state index contributed by atoms with van der Waals surface area (Å²) in [6.45, 7) is 2.90. The van der Waals surface area contributed by atoms with E-state index in [-0.39, 0.29) is 5.91 Å². The van der Waals surface area contributed by atoms with Crippen molar-refractivity contribution >= 4 is 33.5 Å². The van der Waals surface area contributed by atoms with E-state index in [1.54, 1.807) is 7.05 Å². The molecule has 0 aliphatic carbocycles. The lowest BCUT2D eigenvalue weighted by molar-refractivity contribution is 0.0785. The lowest BCUT2D eigenvalue weighted by Crippen LogP contribution is -2.36. The zero-order chi connectivity index (χ0) is 17.4. The van der Waals surface area contributed by atoms with Gasteiger partial charge in [-0.25, -0.2) is 9.97 Å². The summed E-state index contributed by atoms with van der Waals surface area (Å²) in [6, 6.07) is 0. The van der Waals surface area contributed by atoms with Crippen LogP contribution in [0, 0.1) is 0 Å². The largest absolute Gasteiger partial charge is 0.374 e. The standard InChI is InChI=1S/C15H20N8OS/c1-17-14-18-10-4-7-23(15-21-20-13(16)25-15)8-9(10)11(19-14)12(24)22-5-2-3-6-22/h2-8H2,1H3,(H2,16,20)(H,17,18,19). The molecule has 0 bridgehead atoms. The molecule has 2 aliphatic rings. The van der Waals surface area contributed by atoms with Gasteiger partial charge in [-0.1, -0.05) is 11.3 Å². The Morgan fingerprint density at radius 2 is 2.00 bits per heavy atom. The van der Waals surface area contributed by atoms with Crippen LogP contribution in [0.3, 0.4) is 0 Å². The Kier molecular flexibility index (Phi) is 4.12. The molecule has 1 saturated heterocycles. The minimum Gasteiger partial charge on any atom is -0.374 e. The van der Waals surface area contributed by atoms with Gasteiger partial charge in [0.05, 0.1) is 5.69 Å². The van der Waals surface area contributed by atoms with Gasteiger partial charge in [0.25, 0.3) is 5.91 Å². The van der Waals surface area contributed by atoms with Crippen LogP contribution in [0.1, 0.15) is 34.6 Å². The van der Waals surface area contributed by atoms with Crippen molar-refractivity contribution in [1.29, 1.82) is 0 Å². The second kappa shape index (κ2) is 6.43. The van der Waals surface area contributed by atoms with Crippen molar-refractivity contribution in [3.05, 3.63) is 17.0 Å². The molecule has 0 aromatic carbocycles. The summed E-state index contributed by atoms with van der Waals surface area (Å²) in [4.78, 5) is 26.0. The molecule has 1 amide bonds. The fourth-order valence-corrected chi connectivity index (χ4v) is 3.93. The molecule has 4 rings (SSSR count). The Labute approximate surface area is 149 Å². The van der Waals surface area contributed by atoms with Crippen LogP contribution >= 0.6 is 11.3 Å². The maximum Gasteiger partial charge on any atom is 0.273 e. The van der Waals surface area contributed by atoms with Gasteiger partial charge < -0.3 is 20.9 Å². The number of fused-ring (bicyclic) bond motifs is 1. The van der Waals surface area contributed by atoms with Gasteiger partial charge in [-0.3, -0.25) is 4.79 Å². The van der Waals surface area contributed by atoms with Gasteiger partial charge in [0, 0.05) is 45.2 Å². The summed E-state index contributed by atoms with van der Waals surface area (Å²) in [5, 5.41) is 12.2. The second-order valence-electron chi connectivity index (χ2n) is 6.16. The van der Waals surface area contributed by atoms with Crippen LogP contribution in [-0.2, 0) is 13.0 Å². The summed E-state index contributed by atoms with van der Waals surface area (Å²) in [7, 11) is 1.77. The molecule has 0 unspecified atom stereocenters. The highest BCUT2D eigenvalue weighted by Gasteiger charge is 2.30. The molecule has 1 fully saturated rings. The van der Waals surface area contributed by atoms with E-state index >= 15 is 0 Å². The second-order valence-corrected chi connectivity index (χ2v) is 7.15. The molecule has 10 heteroatoms. The fraction of sp³-hybridized carbons (Fsp3) is 0.533. The van der Waals surface area contributed by atoms with Gasteiger partial charge >= 0.3 is 0 Å².